The Kier molecular flexibility index (Phi) is 8.78. The van der Waals surface area contributed by atoms with Crippen LogP contribution >= 0.6 is 0 Å². The van der Waals surface area contributed by atoms with Crippen molar-refractivity contribution in [2.45, 2.75) is 0 Å². The molecule has 0 unspecified atom stereocenters. The second-order valence-corrected chi connectivity index (χ2v) is 7.39. The number of aliphatic carboxylic acids is 2. The van der Waals surface area contributed by atoms with E-state index in [1.807, 2.05) is 84.9 Å². The summed E-state index contributed by atoms with van der Waals surface area (Å²) in [6, 6.07) is 33.8. The normalized spacial score (nSPS) is 9.78. The maximum atomic E-state index is 10.7. The van der Waals surface area contributed by atoms with E-state index >= 15 is 0 Å². The molecule has 180 valence electrons. The molecule has 0 heterocycles. The Hall–Kier alpha value is -5.10. The van der Waals surface area contributed by atoms with Gasteiger partial charge < -0.3 is 19.7 Å². The summed E-state index contributed by atoms with van der Waals surface area (Å²) in [5.74, 6) is -1.96. The van der Waals surface area contributed by atoms with Gasteiger partial charge in [0.05, 0.1) is 0 Å². The molecule has 0 radical (unpaired) electrons. The number of carbonyl (C=O) groups is 2. The van der Waals surface area contributed by atoms with E-state index in [2.05, 4.69) is 13.2 Å². The van der Waals surface area contributed by atoms with Crippen LogP contribution in [0, 0.1) is 0 Å². The standard InChI is InChI=1S/2C15H12O3/c2*1-11(15(16)17)18-14-10-6-5-9-13(14)12-7-3-2-4-8-12/h2*2-10H,1H2,(H,16,17). The molecule has 6 heteroatoms. The number of benzene rings is 4. The molecule has 4 rings (SSSR count). The van der Waals surface area contributed by atoms with Crippen LogP contribution in [0.15, 0.2) is 134 Å². The van der Waals surface area contributed by atoms with Crippen molar-refractivity contribution in [3.8, 4) is 33.8 Å². The number of carboxylic acids is 2. The first-order valence-corrected chi connectivity index (χ1v) is 10.9. The lowest BCUT2D eigenvalue weighted by Gasteiger charge is -2.10. The first kappa shape index (κ1) is 25.5. The zero-order valence-electron chi connectivity index (χ0n) is 19.3. The first-order valence-electron chi connectivity index (χ1n) is 10.9. The number of ether oxygens (including phenoxy) is 2. The minimum Gasteiger partial charge on any atom is -0.475 e. The molecule has 0 fully saturated rings. The zero-order valence-corrected chi connectivity index (χ0v) is 19.3. The monoisotopic (exact) mass is 480 g/mol. The molecule has 0 aliphatic rings. The molecule has 0 aromatic heterocycles. The number of hydrogen-bond acceptors (Lipinski definition) is 4. The van der Waals surface area contributed by atoms with Gasteiger partial charge in [0, 0.05) is 11.1 Å². The fourth-order valence-electron chi connectivity index (χ4n) is 3.18. The third-order valence-electron chi connectivity index (χ3n) is 4.89. The number of rotatable bonds is 8. The van der Waals surface area contributed by atoms with Crippen molar-refractivity contribution in [2.75, 3.05) is 0 Å². The van der Waals surface area contributed by atoms with Gasteiger partial charge in [-0.25, -0.2) is 9.59 Å². The third-order valence-corrected chi connectivity index (χ3v) is 4.89. The quantitative estimate of drug-likeness (QED) is 0.216. The molecular weight excluding hydrogens is 456 g/mol. The molecule has 0 saturated carbocycles. The van der Waals surface area contributed by atoms with Gasteiger partial charge in [-0.1, -0.05) is 97.1 Å². The largest absolute Gasteiger partial charge is 0.475 e. The number of para-hydroxylation sites is 2. The molecule has 0 bridgehead atoms. The Bertz CT molecular complexity index is 1250. The van der Waals surface area contributed by atoms with Crippen LogP contribution < -0.4 is 9.47 Å². The molecule has 0 aliphatic heterocycles. The van der Waals surface area contributed by atoms with Gasteiger partial charge in [0.1, 0.15) is 11.5 Å². The van der Waals surface area contributed by atoms with Crippen molar-refractivity contribution in [1.29, 1.82) is 0 Å². The second-order valence-electron chi connectivity index (χ2n) is 7.39. The molecule has 6 nitrogen and oxygen atoms in total. The van der Waals surface area contributed by atoms with E-state index < -0.39 is 11.9 Å². The molecule has 0 spiro atoms. The zero-order chi connectivity index (χ0) is 25.9. The maximum absolute atomic E-state index is 10.7. The lowest BCUT2D eigenvalue weighted by Crippen LogP contribution is -2.06. The second kappa shape index (κ2) is 12.4. The lowest BCUT2D eigenvalue weighted by atomic mass is 10.1. The highest BCUT2D eigenvalue weighted by molar-refractivity contribution is 5.85. The van der Waals surface area contributed by atoms with Crippen LogP contribution in [0.25, 0.3) is 22.3 Å². The Labute approximate surface area is 209 Å². The fraction of sp³-hybridized carbons (Fsp3) is 0. The molecule has 0 aliphatic carbocycles. The Morgan fingerprint density at radius 2 is 0.806 bits per heavy atom. The van der Waals surface area contributed by atoms with Gasteiger partial charge in [0.25, 0.3) is 0 Å². The van der Waals surface area contributed by atoms with Gasteiger partial charge in [-0.05, 0) is 36.4 Å². The van der Waals surface area contributed by atoms with Crippen LogP contribution in [0.1, 0.15) is 0 Å². The highest BCUT2D eigenvalue weighted by Crippen LogP contribution is 2.31. The predicted molar refractivity (Wildman–Crippen MR) is 139 cm³/mol. The third kappa shape index (κ3) is 6.95. The Balaban J connectivity index is 0.000000201. The predicted octanol–water partition coefficient (Wildman–Crippen LogP) is 6.66. The van der Waals surface area contributed by atoms with Gasteiger partial charge in [-0.3, -0.25) is 0 Å². The molecule has 0 atom stereocenters. The van der Waals surface area contributed by atoms with Crippen molar-refractivity contribution in [1.82, 2.24) is 0 Å². The minimum atomic E-state index is -1.17. The summed E-state index contributed by atoms with van der Waals surface area (Å²) in [5.41, 5.74) is 3.60. The summed E-state index contributed by atoms with van der Waals surface area (Å²) in [4.78, 5) is 21.5. The molecule has 2 N–H and O–H groups in total. The Morgan fingerprint density at radius 3 is 1.14 bits per heavy atom. The molecule has 36 heavy (non-hydrogen) atoms. The van der Waals surface area contributed by atoms with Gasteiger partial charge >= 0.3 is 11.9 Å². The molecular formula is C30H24O6. The van der Waals surface area contributed by atoms with Crippen LogP contribution in [-0.2, 0) is 9.59 Å². The maximum Gasteiger partial charge on any atom is 0.371 e. The summed E-state index contributed by atoms with van der Waals surface area (Å²) in [6.07, 6.45) is 0. The average Bonchev–Trinajstić information content (AvgIpc) is 2.90. The summed E-state index contributed by atoms with van der Waals surface area (Å²) < 4.78 is 10.5. The van der Waals surface area contributed by atoms with Crippen molar-refractivity contribution < 1.29 is 29.3 Å². The van der Waals surface area contributed by atoms with Crippen molar-refractivity contribution in [3.63, 3.8) is 0 Å². The van der Waals surface area contributed by atoms with Crippen LogP contribution in [0.4, 0.5) is 0 Å². The van der Waals surface area contributed by atoms with E-state index in [4.69, 9.17) is 19.7 Å². The van der Waals surface area contributed by atoms with E-state index in [-0.39, 0.29) is 11.5 Å². The van der Waals surface area contributed by atoms with Gasteiger partial charge in [0.2, 0.25) is 11.5 Å². The summed E-state index contributed by atoms with van der Waals surface area (Å²) >= 11 is 0. The minimum absolute atomic E-state index is 0.293. The van der Waals surface area contributed by atoms with Gasteiger partial charge in [-0.15, -0.1) is 0 Å². The van der Waals surface area contributed by atoms with E-state index in [0.29, 0.717) is 11.5 Å². The number of hydrogen-bond donors (Lipinski definition) is 2. The van der Waals surface area contributed by atoms with Crippen LogP contribution in [0.3, 0.4) is 0 Å². The van der Waals surface area contributed by atoms with E-state index in [0.717, 1.165) is 22.3 Å². The van der Waals surface area contributed by atoms with E-state index in [9.17, 15) is 9.59 Å². The molecule has 4 aromatic rings. The van der Waals surface area contributed by atoms with Gasteiger partial charge in [-0.2, -0.15) is 0 Å². The smallest absolute Gasteiger partial charge is 0.371 e. The number of carboxylic acid groups (broad SMARTS) is 2. The average molecular weight is 481 g/mol. The lowest BCUT2D eigenvalue weighted by molar-refractivity contribution is -0.135. The summed E-state index contributed by atoms with van der Waals surface area (Å²) in [5, 5.41) is 17.6. The fourth-order valence-corrected chi connectivity index (χ4v) is 3.18. The van der Waals surface area contributed by atoms with Crippen molar-refractivity contribution in [2.24, 2.45) is 0 Å². The summed E-state index contributed by atoms with van der Waals surface area (Å²) in [7, 11) is 0. The molecule has 4 aromatic carbocycles. The summed E-state index contributed by atoms with van der Waals surface area (Å²) in [6.45, 7) is 6.73. The van der Waals surface area contributed by atoms with Crippen LogP contribution in [0.5, 0.6) is 11.5 Å². The highest BCUT2D eigenvalue weighted by Gasteiger charge is 2.12. The van der Waals surface area contributed by atoms with Crippen LogP contribution in [0.2, 0.25) is 0 Å². The van der Waals surface area contributed by atoms with Gasteiger partial charge in [0.15, 0.2) is 0 Å². The Morgan fingerprint density at radius 1 is 0.500 bits per heavy atom. The van der Waals surface area contributed by atoms with Crippen LogP contribution in [-0.4, -0.2) is 22.2 Å². The van der Waals surface area contributed by atoms with Crippen molar-refractivity contribution >= 4 is 11.9 Å². The topological polar surface area (TPSA) is 93.1 Å². The molecule has 0 saturated heterocycles. The van der Waals surface area contributed by atoms with E-state index in [1.54, 1.807) is 24.3 Å². The highest BCUT2D eigenvalue weighted by atomic mass is 16.5. The van der Waals surface area contributed by atoms with E-state index in [1.165, 1.54) is 0 Å². The first-order chi connectivity index (χ1) is 17.4. The SMILES string of the molecule is C=C(Oc1ccccc1-c1ccccc1)C(=O)O.C=C(Oc1ccccc1-c1ccccc1)C(=O)O. The van der Waals surface area contributed by atoms with Crippen molar-refractivity contribution in [3.05, 3.63) is 134 Å². The molecule has 0 amide bonds.